The Morgan fingerprint density at radius 3 is 2.48 bits per heavy atom. The van der Waals surface area contributed by atoms with E-state index < -0.39 is 9.84 Å². The van der Waals surface area contributed by atoms with Crippen LogP contribution in [0.1, 0.15) is 25.8 Å². The van der Waals surface area contributed by atoms with Gasteiger partial charge < -0.3 is 16.3 Å². The van der Waals surface area contributed by atoms with Gasteiger partial charge in [0.2, 0.25) is 0 Å². The maximum Gasteiger partial charge on any atom is 0.179 e. The second-order valence-corrected chi connectivity index (χ2v) is 8.14. The van der Waals surface area contributed by atoms with Gasteiger partial charge in [-0.1, -0.05) is 19.0 Å². The number of rotatable bonds is 6. The molecule has 116 valence electrons. The Bertz CT molecular complexity index is 636. The minimum atomic E-state index is -3.32. The van der Waals surface area contributed by atoms with Crippen LogP contribution in [0.15, 0.2) is 34.3 Å². The third-order valence-electron chi connectivity index (χ3n) is 3.89. The van der Waals surface area contributed by atoms with E-state index in [0.717, 1.165) is 6.42 Å². The summed E-state index contributed by atoms with van der Waals surface area (Å²) in [5, 5.41) is 14.7. The fourth-order valence-corrected chi connectivity index (χ4v) is 3.36. The van der Waals surface area contributed by atoms with Crippen LogP contribution in [0.3, 0.4) is 0 Å². The van der Waals surface area contributed by atoms with Crippen LogP contribution in [-0.4, -0.2) is 37.8 Å². The van der Waals surface area contributed by atoms with Crippen molar-refractivity contribution in [2.24, 2.45) is 16.3 Å². The number of benzene rings is 1. The van der Waals surface area contributed by atoms with Crippen LogP contribution < -0.4 is 11.1 Å². The summed E-state index contributed by atoms with van der Waals surface area (Å²) in [5.74, 6) is 0.0132. The van der Waals surface area contributed by atoms with E-state index in [0.29, 0.717) is 18.2 Å². The smallest absolute Gasteiger partial charge is 0.179 e. The second kappa shape index (κ2) is 5.65. The number of hydrogen-bond acceptors (Lipinski definition) is 5. The van der Waals surface area contributed by atoms with Gasteiger partial charge in [0.05, 0.1) is 10.6 Å². The maximum atomic E-state index is 12.2. The van der Waals surface area contributed by atoms with E-state index in [1.807, 2.05) is 0 Å². The first-order valence-corrected chi connectivity index (χ1v) is 8.45. The van der Waals surface area contributed by atoms with Gasteiger partial charge in [-0.15, -0.1) is 0 Å². The molecule has 1 aromatic rings. The predicted octanol–water partition coefficient (Wildman–Crippen LogP) is 0.943. The molecule has 0 bridgehead atoms. The van der Waals surface area contributed by atoms with Gasteiger partial charge in [0, 0.05) is 18.2 Å². The first kappa shape index (κ1) is 15.8. The Hall–Kier alpha value is -1.60. The standard InChI is InChI=1S/C14H21N3O3S/c1-14(2)9-12(14)16-7-8-21(19,20)11-5-3-10(4-6-11)13(15)17-18/h3-6,12,16,18H,7-9H2,1-2H3,(H2,15,17). The highest BCUT2D eigenvalue weighted by Gasteiger charge is 2.45. The monoisotopic (exact) mass is 311 g/mol. The molecular formula is C14H21N3O3S. The average molecular weight is 311 g/mol. The molecule has 0 saturated heterocycles. The Kier molecular flexibility index (Phi) is 4.25. The van der Waals surface area contributed by atoms with E-state index >= 15 is 0 Å². The summed E-state index contributed by atoms with van der Waals surface area (Å²) in [4.78, 5) is 0.244. The summed E-state index contributed by atoms with van der Waals surface area (Å²) in [5.41, 5.74) is 6.20. The molecule has 1 unspecified atom stereocenters. The third-order valence-corrected chi connectivity index (χ3v) is 5.62. The molecule has 1 saturated carbocycles. The summed E-state index contributed by atoms with van der Waals surface area (Å²) >= 11 is 0. The molecule has 0 spiro atoms. The fraction of sp³-hybridized carbons (Fsp3) is 0.500. The average Bonchev–Trinajstić information content (AvgIpc) is 3.05. The number of nitrogens with zero attached hydrogens (tertiary/aromatic N) is 1. The van der Waals surface area contributed by atoms with E-state index in [4.69, 9.17) is 10.9 Å². The summed E-state index contributed by atoms with van der Waals surface area (Å²) in [6.07, 6.45) is 1.08. The Labute approximate surface area is 125 Å². The van der Waals surface area contributed by atoms with Crippen LogP contribution in [0.5, 0.6) is 0 Å². The zero-order valence-electron chi connectivity index (χ0n) is 12.2. The van der Waals surface area contributed by atoms with Gasteiger partial charge in [0.1, 0.15) is 0 Å². The Balaban J connectivity index is 1.96. The van der Waals surface area contributed by atoms with Gasteiger partial charge in [0.25, 0.3) is 0 Å². The number of amidine groups is 1. The molecule has 0 heterocycles. The van der Waals surface area contributed by atoms with Crippen LogP contribution in [-0.2, 0) is 9.84 Å². The van der Waals surface area contributed by atoms with Crippen molar-refractivity contribution in [3.05, 3.63) is 29.8 Å². The highest BCUT2D eigenvalue weighted by atomic mass is 32.2. The topological polar surface area (TPSA) is 105 Å². The van der Waals surface area contributed by atoms with E-state index in [1.165, 1.54) is 24.3 Å². The lowest BCUT2D eigenvalue weighted by Gasteiger charge is -2.08. The van der Waals surface area contributed by atoms with Gasteiger partial charge >= 0.3 is 0 Å². The molecule has 0 amide bonds. The SMILES string of the molecule is CC1(C)CC1NCCS(=O)(=O)c1ccc(/C(N)=N/O)cc1. The van der Waals surface area contributed by atoms with Crippen molar-refractivity contribution in [2.75, 3.05) is 12.3 Å². The summed E-state index contributed by atoms with van der Waals surface area (Å²) in [6.45, 7) is 4.76. The van der Waals surface area contributed by atoms with Gasteiger partial charge in [-0.3, -0.25) is 0 Å². The van der Waals surface area contributed by atoms with E-state index in [-0.39, 0.29) is 21.9 Å². The molecule has 2 rings (SSSR count). The molecule has 1 aliphatic rings. The summed E-state index contributed by atoms with van der Waals surface area (Å²) in [7, 11) is -3.32. The molecule has 4 N–H and O–H groups in total. The number of sulfone groups is 1. The van der Waals surface area contributed by atoms with Gasteiger partial charge in [-0.05, 0) is 36.1 Å². The number of oxime groups is 1. The number of nitrogens with one attached hydrogen (secondary N) is 1. The largest absolute Gasteiger partial charge is 0.409 e. The van der Waals surface area contributed by atoms with Crippen LogP contribution >= 0.6 is 0 Å². The zero-order valence-corrected chi connectivity index (χ0v) is 13.0. The normalized spacial score (nSPS) is 21.2. The van der Waals surface area contributed by atoms with Crippen LogP contribution in [0, 0.1) is 5.41 Å². The Morgan fingerprint density at radius 1 is 1.43 bits per heavy atom. The molecule has 0 radical (unpaired) electrons. The minimum absolute atomic E-state index is 0.0448. The van der Waals surface area contributed by atoms with Crippen LogP contribution in [0.25, 0.3) is 0 Å². The molecule has 1 aromatic carbocycles. The molecule has 1 atom stereocenters. The van der Waals surface area contributed by atoms with Gasteiger partial charge in [0.15, 0.2) is 15.7 Å². The first-order valence-electron chi connectivity index (χ1n) is 6.80. The lowest BCUT2D eigenvalue weighted by molar-refractivity contribution is 0.318. The van der Waals surface area contributed by atoms with Crippen molar-refractivity contribution in [3.8, 4) is 0 Å². The molecule has 6 nitrogen and oxygen atoms in total. The van der Waals surface area contributed by atoms with Gasteiger partial charge in [-0.25, -0.2) is 8.42 Å². The lowest BCUT2D eigenvalue weighted by Crippen LogP contribution is -2.27. The van der Waals surface area contributed by atoms with Gasteiger partial charge in [-0.2, -0.15) is 0 Å². The molecule has 21 heavy (non-hydrogen) atoms. The first-order chi connectivity index (χ1) is 9.76. The minimum Gasteiger partial charge on any atom is -0.409 e. The highest BCUT2D eigenvalue weighted by Crippen LogP contribution is 2.44. The van der Waals surface area contributed by atoms with Crippen molar-refractivity contribution in [1.29, 1.82) is 0 Å². The fourth-order valence-electron chi connectivity index (χ4n) is 2.19. The van der Waals surface area contributed by atoms with Crippen molar-refractivity contribution in [1.82, 2.24) is 5.32 Å². The van der Waals surface area contributed by atoms with Crippen molar-refractivity contribution < 1.29 is 13.6 Å². The lowest BCUT2D eigenvalue weighted by atomic mass is 10.2. The maximum absolute atomic E-state index is 12.2. The number of nitrogens with two attached hydrogens (primary N) is 1. The summed E-state index contributed by atoms with van der Waals surface area (Å²) in [6, 6.07) is 6.42. The number of hydrogen-bond donors (Lipinski definition) is 3. The highest BCUT2D eigenvalue weighted by molar-refractivity contribution is 7.91. The zero-order chi connectivity index (χ0) is 15.7. The third kappa shape index (κ3) is 3.74. The van der Waals surface area contributed by atoms with E-state index in [1.54, 1.807) is 0 Å². The van der Waals surface area contributed by atoms with E-state index in [2.05, 4.69) is 24.3 Å². The van der Waals surface area contributed by atoms with Crippen molar-refractivity contribution in [2.45, 2.75) is 31.2 Å². The molecule has 0 aliphatic heterocycles. The molecule has 7 heteroatoms. The Morgan fingerprint density at radius 2 is 2.00 bits per heavy atom. The molecular weight excluding hydrogens is 290 g/mol. The molecule has 1 fully saturated rings. The summed E-state index contributed by atoms with van der Waals surface area (Å²) < 4.78 is 24.4. The molecule has 1 aliphatic carbocycles. The predicted molar refractivity (Wildman–Crippen MR) is 81.2 cm³/mol. The quantitative estimate of drug-likeness (QED) is 0.314. The molecule has 0 aromatic heterocycles. The van der Waals surface area contributed by atoms with E-state index in [9.17, 15) is 8.42 Å². The van der Waals surface area contributed by atoms with Crippen molar-refractivity contribution >= 4 is 15.7 Å². The second-order valence-electron chi connectivity index (χ2n) is 6.03. The van der Waals surface area contributed by atoms with Crippen molar-refractivity contribution in [3.63, 3.8) is 0 Å². The van der Waals surface area contributed by atoms with Crippen LogP contribution in [0.2, 0.25) is 0 Å². The van der Waals surface area contributed by atoms with Crippen LogP contribution in [0.4, 0.5) is 0 Å².